The Kier molecular flexibility index (Phi) is 5.19. The second-order valence-electron chi connectivity index (χ2n) is 6.85. The summed E-state index contributed by atoms with van der Waals surface area (Å²) < 4.78 is 34.8. The number of ether oxygens (including phenoxy) is 1. The van der Waals surface area contributed by atoms with Gasteiger partial charge >= 0.3 is 5.69 Å². The van der Waals surface area contributed by atoms with Gasteiger partial charge in [-0.05, 0) is 47.8 Å². The van der Waals surface area contributed by atoms with E-state index in [0.29, 0.717) is 21.7 Å². The van der Waals surface area contributed by atoms with Gasteiger partial charge in [-0.2, -0.15) is 0 Å². The number of thiophene rings is 1. The highest BCUT2D eigenvalue weighted by atomic mass is 32.2. The molecule has 160 valence electrons. The van der Waals surface area contributed by atoms with Crippen LogP contribution in [0.2, 0.25) is 0 Å². The SMILES string of the molecule is COc1ccc(S(=O)(=O)c2cc3c(cc2NC(=O)c2cccs2)n(C)c(=O)n3C)cc1. The first-order chi connectivity index (χ1) is 14.7. The van der Waals surface area contributed by atoms with Crippen molar-refractivity contribution >= 4 is 43.8 Å². The molecule has 2 aromatic carbocycles. The van der Waals surface area contributed by atoms with Crippen LogP contribution in [0.4, 0.5) is 5.69 Å². The van der Waals surface area contributed by atoms with Crippen LogP contribution >= 0.6 is 11.3 Å². The predicted molar refractivity (Wildman–Crippen MR) is 119 cm³/mol. The summed E-state index contributed by atoms with van der Waals surface area (Å²) in [5, 5.41) is 4.46. The lowest BCUT2D eigenvalue weighted by Gasteiger charge is -2.13. The summed E-state index contributed by atoms with van der Waals surface area (Å²) in [6, 6.07) is 12.3. The number of anilines is 1. The highest BCUT2D eigenvalue weighted by Gasteiger charge is 2.25. The minimum atomic E-state index is -4.01. The number of benzene rings is 2. The Balaban J connectivity index is 1.93. The maximum Gasteiger partial charge on any atom is 0.328 e. The van der Waals surface area contributed by atoms with Crippen molar-refractivity contribution in [3.8, 4) is 5.75 Å². The molecular formula is C21H19N3O5S2. The van der Waals surface area contributed by atoms with Gasteiger partial charge in [-0.3, -0.25) is 13.9 Å². The van der Waals surface area contributed by atoms with Crippen molar-refractivity contribution in [1.29, 1.82) is 0 Å². The van der Waals surface area contributed by atoms with Crippen molar-refractivity contribution in [1.82, 2.24) is 9.13 Å². The molecule has 0 bridgehead atoms. The van der Waals surface area contributed by atoms with Crippen LogP contribution in [0.1, 0.15) is 9.67 Å². The number of nitrogens with zero attached hydrogens (tertiary/aromatic N) is 2. The molecule has 1 amide bonds. The van der Waals surface area contributed by atoms with Gasteiger partial charge in [0, 0.05) is 14.1 Å². The van der Waals surface area contributed by atoms with E-state index >= 15 is 0 Å². The third-order valence-corrected chi connectivity index (χ3v) is 7.70. The summed E-state index contributed by atoms with van der Waals surface area (Å²) in [5.41, 5.74) is 0.740. The highest BCUT2D eigenvalue weighted by Crippen LogP contribution is 2.33. The van der Waals surface area contributed by atoms with E-state index < -0.39 is 15.7 Å². The smallest absolute Gasteiger partial charge is 0.328 e. The summed E-state index contributed by atoms with van der Waals surface area (Å²) in [4.78, 5) is 25.4. The summed E-state index contributed by atoms with van der Waals surface area (Å²) in [6.45, 7) is 0. The van der Waals surface area contributed by atoms with Gasteiger partial charge in [0.15, 0.2) is 0 Å². The summed E-state index contributed by atoms with van der Waals surface area (Å²) >= 11 is 1.24. The van der Waals surface area contributed by atoms with Gasteiger partial charge in [0.1, 0.15) is 5.75 Å². The minimum Gasteiger partial charge on any atom is -0.497 e. The number of nitrogens with one attached hydrogen (secondary N) is 1. The van der Waals surface area contributed by atoms with E-state index in [1.165, 1.54) is 51.8 Å². The zero-order chi connectivity index (χ0) is 22.3. The Morgan fingerprint density at radius 2 is 1.68 bits per heavy atom. The Hall–Kier alpha value is -3.37. The van der Waals surface area contributed by atoms with Crippen molar-refractivity contribution in [3.63, 3.8) is 0 Å². The van der Waals surface area contributed by atoms with Crippen LogP contribution in [-0.4, -0.2) is 30.6 Å². The molecule has 0 aliphatic carbocycles. The lowest BCUT2D eigenvalue weighted by Crippen LogP contribution is -2.19. The van der Waals surface area contributed by atoms with E-state index in [0.717, 1.165) is 0 Å². The maximum absolute atomic E-state index is 13.5. The molecule has 4 rings (SSSR count). The zero-order valence-corrected chi connectivity index (χ0v) is 18.6. The van der Waals surface area contributed by atoms with Crippen molar-refractivity contribution in [2.45, 2.75) is 9.79 Å². The van der Waals surface area contributed by atoms with E-state index in [1.807, 2.05) is 0 Å². The van der Waals surface area contributed by atoms with Crippen molar-refractivity contribution in [2.75, 3.05) is 12.4 Å². The fourth-order valence-electron chi connectivity index (χ4n) is 3.32. The number of fused-ring (bicyclic) bond motifs is 1. The molecule has 31 heavy (non-hydrogen) atoms. The van der Waals surface area contributed by atoms with Crippen molar-refractivity contribution in [2.24, 2.45) is 14.1 Å². The molecule has 4 aromatic rings. The molecule has 0 radical (unpaired) electrons. The van der Waals surface area contributed by atoms with Gasteiger partial charge in [0.2, 0.25) is 9.84 Å². The molecule has 0 unspecified atom stereocenters. The molecule has 10 heteroatoms. The first-order valence-electron chi connectivity index (χ1n) is 9.17. The normalized spacial score (nSPS) is 11.6. The van der Waals surface area contributed by atoms with Crippen LogP contribution in [-0.2, 0) is 23.9 Å². The first kappa shape index (κ1) is 20.9. The lowest BCUT2D eigenvalue weighted by atomic mass is 10.2. The molecule has 0 saturated carbocycles. The van der Waals surface area contributed by atoms with Gasteiger partial charge in [-0.1, -0.05) is 6.07 Å². The molecular weight excluding hydrogens is 438 g/mol. The number of imidazole rings is 1. The van der Waals surface area contributed by atoms with E-state index in [2.05, 4.69) is 5.32 Å². The zero-order valence-electron chi connectivity index (χ0n) is 16.9. The molecule has 0 saturated heterocycles. The Morgan fingerprint density at radius 3 is 2.26 bits per heavy atom. The van der Waals surface area contributed by atoms with Crippen molar-refractivity contribution < 1.29 is 17.9 Å². The third kappa shape index (κ3) is 3.53. The van der Waals surface area contributed by atoms with Crippen LogP contribution in [0.15, 0.2) is 68.5 Å². The Bertz CT molecular complexity index is 1450. The number of hydrogen-bond acceptors (Lipinski definition) is 6. The third-order valence-electron chi connectivity index (χ3n) is 5.03. The van der Waals surface area contributed by atoms with Crippen LogP contribution in [0, 0.1) is 0 Å². The molecule has 2 aromatic heterocycles. The maximum atomic E-state index is 13.5. The number of carbonyl (C=O) groups is 1. The molecule has 0 aliphatic rings. The number of sulfone groups is 1. The van der Waals surface area contributed by atoms with E-state index in [4.69, 9.17) is 4.74 Å². The monoisotopic (exact) mass is 457 g/mol. The second kappa shape index (κ2) is 7.71. The number of amides is 1. The van der Waals surface area contributed by atoms with Gasteiger partial charge in [-0.15, -0.1) is 11.3 Å². The van der Waals surface area contributed by atoms with Crippen LogP contribution in [0.3, 0.4) is 0 Å². The largest absolute Gasteiger partial charge is 0.497 e. The second-order valence-corrected chi connectivity index (χ2v) is 9.71. The van der Waals surface area contributed by atoms with Crippen molar-refractivity contribution in [3.05, 3.63) is 69.3 Å². The average Bonchev–Trinajstić information content (AvgIpc) is 3.38. The molecule has 1 N–H and O–H groups in total. The molecule has 0 fully saturated rings. The molecule has 0 aliphatic heterocycles. The first-order valence-corrected chi connectivity index (χ1v) is 11.5. The Morgan fingerprint density at radius 1 is 1.03 bits per heavy atom. The summed E-state index contributed by atoms with van der Waals surface area (Å²) in [7, 11) is 0.638. The predicted octanol–water partition coefficient (Wildman–Crippen LogP) is 3.03. The molecule has 8 nitrogen and oxygen atoms in total. The number of aromatic nitrogens is 2. The van der Waals surface area contributed by atoms with Crippen LogP contribution in [0.25, 0.3) is 11.0 Å². The highest BCUT2D eigenvalue weighted by molar-refractivity contribution is 7.91. The quantitative estimate of drug-likeness (QED) is 0.497. The van der Waals surface area contributed by atoms with E-state index in [1.54, 1.807) is 43.7 Å². The van der Waals surface area contributed by atoms with Gasteiger partial charge in [0.25, 0.3) is 5.91 Å². The standard InChI is InChI=1S/C21H19N3O5S2/c1-23-16-11-15(22-20(25)18-5-4-10-30-18)19(12-17(16)24(2)21(23)26)31(27,28)14-8-6-13(29-3)7-9-14/h4-12H,1-3H3,(H,22,25). The van der Waals surface area contributed by atoms with E-state index in [-0.39, 0.29) is 21.2 Å². The molecule has 2 heterocycles. The minimum absolute atomic E-state index is 0.0419. The fourth-order valence-corrected chi connectivity index (χ4v) is 5.35. The molecule has 0 spiro atoms. The number of rotatable bonds is 5. The summed E-state index contributed by atoms with van der Waals surface area (Å²) in [6.07, 6.45) is 0. The number of hydrogen-bond donors (Lipinski definition) is 1. The van der Waals surface area contributed by atoms with E-state index in [9.17, 15) is 18.0 Å². The number of carbonyl (C=O) groups excluding carboxylic acids is 1. The van der Waals surface area contributed by atoms with Crippen LogP contribution < -0.4 is 15.7 Å². The fraction of sp³-hybridized carbons (Fsp3) is 0.143. The summed E-state index contributed by atoms with van der Waals surface area (Å²) in [5.74, 6) is 0.0903. The van der Waals surface area contributed by atoms with Gasteiger partial charge in [-0.25, -0.2) is 13.2 Å². The number of methoxy groups -OCH3 is 1. The average molecular weight is 458 g/mol. The number of aryl methyl sites for hydroxylation is 2. The van der Waals surface area contributed by atoms with Gasteiger partial charge < -0.3 is 10.1 Å². The Labute approximate surface area is 182 Å². The molecule has 0 atom stereocenters. The van der Waals surface area contributed by atoms with Crippen LogP contribution in [0.5, 0.6) is 5.75 Å². The topological polar surface area (TPSA) is 99.4 Å². The lowest BCUT2D eigenvalue weighted by molar-refractivity contribution is 0.103. The van der Waals surface area contributed by atoms with Gasteiger partial charge in [0.05, 0.1) is 38.5 Å².